The first-order valence-corrected chi connectivity index (χ1v) is 9.93. The van der Waals surface area contributed by atoms with Crippen molar-refractivity contribution >= 4 is 17.6 Å². The molecule has 0 saturated heterocycles. The van der Waals surface area contributed by atoms with Crippen molar-refractivity contribution < 1.29 is 23.1 Å². The Morgan fingerprint density at radius 1 is 1.03 bits per heavy atom. The molecule has 2 aromatic carbocycles. The summed E-state index contributed by atoms with van der Waals surface area (Å²) < 4.78 is 34.0. The minimum atomic E-state index is -1.02. The number of amides is 1. The third-order valence-electron chi connectivity index (χ3n) is 4.36. The maximum absolute atomic E-state index is 14.4. The summed E-state index contributed by atoms with van der Waals surface area (Å²) in [7, 11) is 0. The second-order valence-electron chi connectivity index (χ2n) is 8.11. The van der Waals surface area contributed by atoms with Gasteiger partial charge in [-0.1, -0.05) is 18.2 Å². The number of carbonyl (C=O) groups is 2. The molecular weight excluding hydrogens is 416 g/mol. The molecule has 6 nitrogen and oxygen atoms in total. The van der Waals surface area contributed by atoms with E-state index >= 15 is 0 Å². The first kappa shape index (κ1) is 23.0. The van der Waals surface area contributed by atoms with Crippen molar-refractivity contribution in [2.45, 2.75) is 33.3 Å². The molecular formula is C24H23F2N3O3. The number of halogens is 2. The van der Waals surface area contributed by atoms with E-state index in [0.717, 1.165) is 23.1 Å². The summed E-state index contributed by atoms with van der Waals surface area (Å²) in [6.45, 7) is 6.27. The monoisotopic (exact) mass is 439 g/mol. The van der Waals surface area contributed by atoms with Gasteiger partial charge < -0.3 is 4.74 Å². The normalized spacial score (nSPS) is 11.2. The van der Waals surface area contributed by atoms with Gasteiger partial charge in [-0.25, -0.2) is 18.7 Å². The highest BCUT2D eigenvalue weighted by atomic mass is 19.1. The summed E-state index contributed by atoms with van der Waals surface area (Å²) >= 11 is 0. The maximum atomic E-state index is 14.4. The number of anilines is 1. The van der Waals surface area contributed by atoms with Gasteiger partial charge in [0, 0.05) is 17.4 Å². The fourth-order valence-corrected chi connectivity index (χ4v) is 3.07. The van der Waals surface area contributed by atoms with E-state index in [0.29, 0.717) is 17.1 Å². The van der Waals surface area contributed by atoms with Gasteiger partial charge in [0.25, 0.3) is 5.91 Å². The molecule has 1 aromatic heterocycles. The number of nitrogens with zero attached hydrogens (tertiary/aromatic N) is 3. The molecule has 0 bridgehead atoms. The molecule has 0 aliphatic heterocycles. The van der Waals surface area contributed by atoms with Gasteiger partial charge in [0.1, 0.15) is 35.2 Å². The Bertz CT molecular complexity index is 1140. The standard InChI is InChI=1S/C24H23F2N3O3/c1-15-27-12-11-20(28-15)16-7-5-8-17(13-16)29(14-21(30)32-24(2,3)4)23(31)22-18(25)9-6-10-19(22)26/h5-13H,14H2,1-4H3. The average Bonchev–Trinajstić information content (AvgIpc) is 2.70. The average molecular weight is 439 g/mol. The van der Waals surface area contributed by atoms with E-state index in [-0.39, 0.29) is 5.69 Å². The number of esters is 1. The van der Waals surface area contributed by atoms with Gasteiger partial charge in [0.05, 0.1) is 5.69 Å². The molecule has 0 unspecified atom stereocenters. The number of aromatic nitrogens is 2. The third-order valence-corrected chi connectivity index (χ3v) is 4.36. The van der Waals surface area contributed by atoms with Crippen LogP contribution >= 0.6 is 0 Å². The van der Waals surface area contributed by atoms with Crippen LogP contribution in [-0.4, -0.2) is 34.0 Å². The van der Waals surface area contributed by atoms with E-state index in [9.17, 15) is 18.4 Å². The molecule has 8 heteroatoms. The summed E-state index contributed by atoms with van der Waals surface area (Å²) in [5.41, 5.74) is -0.0447. The van der Waals surface area contributed by atoms with Crippen molar-refractivity contribution in [1.29, 1.82) is 0 Å². The number of rotatable bonds is 5. The van der Waals surface area contributed by atoms with Gasteiger partial charge in [-0.15, -0.1) is 0 Å². The van der Waals surface area contributed by atoms with Crippen LogP contribution < -0.4 is 4.90 Å². The van der Waals surface area contributed by atoms with Gasteiger partial charge in [-0.2, -0.15) is 0 Å². The Balaban J connectivity index is 2.05. The molecule has 0 saturated carbocycles. The maximum Gasteiger partial charge on any atom is 0.326 e. The Morgan fingerprint density at radius 3 is 2.31 bits per heavy atom. The second kappa shape index (κ2) is 9.21. The van der Waals surface area contributed by atoms with Crippen molar-refractivity contribution in [1.82, 2.24) is 9.97 Å². The molecule has 32 heavy (non-hydrogen) atoms. The molecule has 166 valence electrons. The van der Waals surface area contributed by atoms with Crippen molar-refractivity contribution in [3.63, 3.8) is 0 Å². The molecule has 3 rings (SSSR count). The van der Waals surface area contributed by atoms with Crippen LogP contribution in [0, 0.1) is 18.6 Å². The van der Waals surface area contributed by atoms with E-state index in [1.165, 1.54) is 0 Å². The molecule has 0 N–H and O–H groups in total. The lowest BCUT2D eigenvalue weighted by atomic mass is 10.1. The summed E-state index contributed by atoms with van der Waals surface area (Å²) in [5.74, 6) is -3.20. The lowest BCUT2D eigenvalue weighted by Gasteiger charge is -2.26. The van der Waals surface area contributed by atoms with Crippen LogP contribution in [0.3, 0.4) is 0 Å². The third kappa shape index (κ3) is 5.51. The molecule has 0 aliphatic carbocycles. The van der Waals surface area contributed by atoms with E-state index in [4.69, 9.17) is 4.74 Å². The number of carbonyl (C=O) groups excluding carboxylic acids is 2. The molecule has 0 aliphatic rings. The van der Waals surface area contributed by atoms with Crippen LogP contribution in [0.15, 0.2) is 54.7 Å². The Morgan fingerprint density at radius 2 is 1.69 bits per heavy atom. The van der Waals surface area contributed by atoms with E-state index in [2.05, 4.69) is 9.97 Å². The zero-order chi connectivity index (χ0) is 23.5. The Labute approximate surface area is 184 Å². The Kier molecular flexibility index (Phi) is 6.62. The molecule has 1 heterocycles. The molecule has 0 spiro atoms. The number of ether oxygens (including phenoxy) is 1. The molecule has 0 fully saturated rings. The highest BCUT2D eigenvalue weighted by Gasteiger charge is 2.28. The highest BCUT2D eigenvalue weighted by Crippen LogP contribution is 2.26. The van der Waals surface area contributed by atoms with Crippen LogP contribution in [0.4, 0.5) is 14.5 Å². The zero-order valence-electron chi connectivity index (χ0n) is 18.2. The van der Waals surface area contributed by atoms with Gasteiger partial charge in [0.15, 0.2) is 0 Å². The molecule has 0 atom stereocenters. The minimum absolute atomic E-state index is 0.261. The number of benzene rings is 2. The van der Waals surface area contributed by atoms with Crippen molar-refractivity contribution in [2.75, 3.05) is 11.4 Å². The van der Waals surface area contributed by atoms with E-state index in [1.54, 1.807) is 64.2 Å². The summed E-state index contributed by atoms with van der Waals surface area (Å²) in [6.07, 6.45) is 1.60. The predicted molar refractivity (Wildman–Crippen MR) is 116 cm³/mol. The number of hydrogen-bond acceptors (Lipinski definition) is 5. The number of aryl methyl sites for hydroxylation is 1. The largest absolute Gasteiger partial charge is 0.459 e. The van der Waals surface area contributed by atoms with E-state index in [1.807, 2.05) is 0 Å². The Hall–Kier alpha value is -3.68. The summed E-state index contributed by atoms with van der Waals surface area (Å²) in [6, 6.07) is 11.5. The first-order valence-electron chi connectivity index (χ1n) is 9.93. The van der Waals surface area contributed by atoms with Crippen LogP contribution in [0.2, 0.25) is 0 Å². The van der Waals surface area contributed by atoms with Gasteiger partial charge >= 0.3 is 5.97 Å². The van der Waals surface area contributed by atoms with Crippen LogP contribution in [0.25, 0.3) is 11.3 Å². The quantitative estimate of drug-likeness (QED) is 0.538. The SMILES string of the molecule is Cc1nccc(-c2cccc(N(CC(=O)OC(C)(C)C)C(=O)c3c(F)cccc3F)c2)n1. The lowest BCUT2D eigenvalue weighted by Crippen LogP contribution is -2.39. The predicted octanol–water partition coefficient (Wildman–Crippen LogP) is 4.72. The fraction of sp³-hybridized carbons (Fsp3) is 0.250. The molecule has 0 radical (unpaired) electrons. The van der Waals surface area contributed by atoms with Gasteiger partial charge in [-0.05, 0) is 58.0 Å². The topological polar surface area (TPSA) is 72.4 Å². The highest BCUT2D eigenvalue weighted by molar-refractivity contribution is 6.08. The number of hydrogen-bond donors (Lipinski definition) is 0. The first-order chi connectivity index (χ1) is 15.0. The van der Waals surface area contributed by atoms with Crippen molar-refractivity contribution in [2.24, 2.45) is 0 Å². The van der Waals surface area contributed by atoms with Crippen LogP contribution in [-0.2, 0) is 9.53 Å². The smallest absolute Gasteiger partial charge is 0.326 e. The fourth-order valence-electron chi connectivity index (χ4n) is 3.07. The lowest BCUT2D eigenvalue weighted by molar-refractivity contribution is -0.152. The van der Waals surface area contributed by atoms with Crippen molar-refractivity contribution in [3.05, 3.63) is 77.8 Å². The molecule has 3 aromatic rings. The minimum Gasteiger partial charge on any atom is -0.459 e. The van der Waals surface area contributed by atoms with E-state index < -0.39 is 41.2 Å². The summed E-state index contributed by atoms with van der Waals surface area (Å²) in [4.78, 5) is 35.1. The van der Waals surface area contributed by atoms with Gasteiger partial charge in [-0.3, -0.25) is 14.5 Å². The zero-order valence-corrected chi connectivity index (χ0v) is 18.2. The van der Waals surface area contributed by atoms with Crippen LogP contribution in [0.5, 0.6) is 0 Å². The van der Waals surface area contributed by atoms with Gasteiger partial charge in [0.2, 0.25) is 0 Å². The molecule has 1 amide bonds. The van der Waals surface area contributed by atoms with Crippen LogP contribution in [0.1, 0.15) is 37.0 Å². The summed E-state index contributed by atoms with van der Waals surface area (Å²) in [5, 5.41) is 0. The second-order valence-corrected chi connectivity index (χ2v) is 8.11. The van der Waals surface area contributed by atoms with Crippen molar-refractivity contribution in [3.8, 4) is 11.3 Å².